The van der Waals surface area contributed by atoms with Crippen LogP contribution >= 0.6 is 0 Å². The van der Waals surface area contributed by atoms with Crippen LogP contribution in [0.25, 0.3) is 0 Å². The van der Waals surface area contributed by atoms with E-state index in [2.05, 4.69) is 32.0 Å². The number of aromatic nitrogens is 4. The monoisotopic (exact) mass is 160 g/mol. The first-order valence-corrected chi connectivity index (χ1v) is 3.42. The summed E-state index contributed by atoms with van der Waals surface area (Å²) in [5.41, 5.74) is 0.923. The lowest BCUT2D eigenvalue weighted by molar-refractivity contribution is 0.881. The number of benzene rings is 1. The minimum Gasteiger partial charge on any atom is -0.323 e. The lowest BCUT2D eigenvalue weighted by atomic mass is 10.3. The molecule has 2 rings (SSSR count). The molecule has 0 aliphatic heterocycles. The number of tetrazole rings is 1. The third-order valence-corrected chi connectivity index (χ3v) is 1.33. The Kier molecular flexibility index (Phi) is 1.69. The molecule has 59 valence electrons. The molecule has 12 heavy (non-hydrogen) atoms. The van der Waals surface area contributed by atoms with Gasteiger partial charge in [-0.1, -0.05) is 17.2 Å². The number of anilines is 2. The SMILES string of the molecule is [c]1ccc(Nc2nnn[nH]2)cc1. The number of hydrogen-bond acceptors (Lipinski definition) is 4. The van der Waals surface area contributed by atoms with Crippen molar-refractivity contribution >= 4 is 11.6 Å². The van der Waals surface area contributed by atoms with Crippen molar-refractivity contribution in [1.82, 2.24) is 20.6 Å². The van der Waals surface area contributed by atoms with Gasteiger partial charge in [0.2, 0.25) is 5.95 Å². The fraction of sp³-hybridized carbons (Fsp3) is 0. The zero-order valence-corrected chi connectivity index (χ0v) is 6.15. The van der Waals surface area contributed by atoms with Crippen LogP contribution in [0.5, 0.6) is 0 Å². The van der Waals surface area contributed by atoms with Crippen LogP contribution in [-0.4, -0.2) is 20.6 Å². The summed E-state index contributed by atoms with van der Waals surface area (Å²) in [6.45, 7) is 0. The van der Waals surface area contributed by atoms with E-state index >= 15 is 0 Å². The molecule has 1 aromatic heterocycles. The molecular formula is C7H6N5. The molecule has 0 spiro atoms. The molecule has 1 aromatic carbocycles. The maximum atomic E-state index is 3.67. The predicted molar refractivity (Wildman–Crippen MR) is 42.7 cm³/mol. The Hall–Kier alpha value is -1.91. The fourth-order valence-electron chi connectivity index (χ4n) is 0.819. The van der Waals surface area contributed by atoms with E-state index in [0.717, 1.165) is 5.69 Å². The van der Waals surface area contributed by atoms with Crippen molar-refractivity contribution in [2.45, 2.75) is 0 Å². The number of hydrogen-bond donors (Lipinski definition) is 2. The number of nitrogens with zero attached hydrogens (tertiary/aromatic N) is 3. The molecule has 0 amide bonds. The first kappa shape index (κ1) is 6.78. The van der Waals surface area contributed by atoms with Crippen LogP contribution in [0.3, 0.4) is 0 Å². The molecule has 2 aromatic rings. The van der Waals surface area contributed by atoms with Gasteiger partial charge in [0.05, 0.1) is 0 Å². The standard InChI is InChI=1S/C7H6N5/c1-2-4-6(5-3-1)8-7-9-11-12-10-7/h2-5H,(H2,8,9,10,11,12). The van der Waals surface area contributed by atoms with Gasteiger partial charge in [-0.15, -0.1) is 0 Å². The summed E-state index contributed by atoms with van der Waals surface area (Å²) in [4.78, 5) is 0. The second-order valence-corrected chi connectivity index (χ2v) is 2.16. The van der Waals surface area contributed by atoms with Crippen molar-refractivity contribution in [3.05, 3.63) is 30.3 Å². The molecule has 0 unspecified atom stereocenters. The quantitative estimate of drug-likeness (QED) is 0.680. The average Bonchev–Trinajstić information content (AvgIpc) is 2.59. The van der Waals surface area contributed by atoms with Crippen LogP contribution < -0.4 is 5.32 Å². The van der Waals surface area contributed by atoms with Crippen LogP contribution in [0, 0.1) is 6.07 Å². The first-order chi connectivity index (χ1) is 5.95. The summed E-state index contributed by atoms with van der Waals surface area (Å²) in [7, 11) is 0. The number of H-pyrrole nitrogens is 1. The normalized spacial score (nSPS) is 9.67. The summed E-state index contributed by atoms with van der Waals surface area (Å²) in [6.07, 6.45) is 0. The second-order valence-electron chi connectivity index (χ2n) is 2.16. The van der Waals surface area contributed by atoms with Gasteiger partial charge in [0.15, 0.2) is 0 Å². The Labute approximate surface area is 68.8 Å². The summed E-state index contributed by atoms with van der Waals surface area (Å²) >= 11 is 0. The smallest absolute Gasteiger partial charge is 0.244 e. The van der Waals surface area contributed by atoms with Crippen LogP contribution in [-0.2, 0) is 0 Å². The number of nitrogens with one attached hydrogen (secondary N) is 2. The predicted octanol–water partition coefficient (Wildman–Crippen LogP) is 0.743. The highest BCUT2D eigenvalue weighted by Gasteiger charge is 1.94. The molecule has 0 bridgehead atoms. The van der Waals surface area contributed by atoms with Crippen molar-refractivity contribution in [1.29, 1.82) is 0 Å². The lowest BCUT2D eigenvalue weighted by Crippen LogP contribution is -1.91. The van der Waals surface area contributed by atoms with E-state index < -0.39 is 0 Å². The average molecular weight is 160 g/mol. The Balaban J connectivity index is 2.15. The molecule has 0 saturated heterocycles. The van der Waals surface area contributed by atoms with E-state index in [1.54, 1.807) is 0 Å². The highest BCUT2D eigenvalue weighted by molar-refractivity contribution is 5.51. The van der Waals surface area contributed by atoms with E-state index in [1.807, 2.05) is 24.3 Å². The Morgan fingerprint density at radius 2 is 2.17 bits per heavy atom. The van der Waals surface area contributed by atoms with Crippen molar-refractivity contribution in [3.63, 3.8) is 0 Å². The fourth-order valence-corrected chi connectivity index (χ4v) is 0.819. The van der Waals surface area contributed by atoms with Crippen molar-refractivity contribution in [3.8, 4) is 0 Å². The van der Waals surface area contributed by atoms with E-state index in [4.69, 9.17) is 0 Å². The van der Waals surface area contributed by atoms with Gasteiger partial charge in [-0.3, -0.25) is 0 Å². The van der Waals surface area contributed by atoms with Crippen molar-refractivity contribution < 1.29 is 0 Å². The number of rotatable bonds is 2. The van der Waals surface area contributed by atoms with Gasteiger partial charge < -0.3 is 5.32 Å². The van der Waals surface area contributed by atoms with Crippen molar-refractivity contribution in [2.75, 3.05) is 5.32 Å². The minimum absolute atomic E-state index is 0.529. The zero-order chi connectivity index (χ0) is 8.23. The number of aromatic amines is 1. The topological polar surface area (TPSA) is 66.5 Å². The van der Waals surface area contributed by atoms with E-state index in [1.165, 1.54) is 0 Å². The van der Waals surface area contributed by atoms with Gasteiger partial charge in [-0.05, 0) is 28.6 Å². The summed E-state index contributed by atoms with van der Waals surface area (Å²) < 4.78 is 0. The second kappa shape index (κ2) is 3.00. The Morgan fingerprint density at radius 3 is 2.83 bits per heavy atom. The summed E-state index contributed by atoms with van der Waals surface area (Å²) in [5, 5.41) is 16.1. The van der Waals surface area contributed by atoms with Gasteiger partial charge in [-0.2, -0.15) is 0 Å². The minimum atomic E-state index is 0.529. The van der Waals surface area contributed by atoms with E-state index in [-0.39, 0.29) is 0 Å². The third-order valence-electron chi connectivity index (χ3n) is 1.33. The molecule has 0 saturated carbocycles. The Morgan fingerprint density at radius 1 is 1.33 bits per heavy atom. The van der Waals surface area contributed by atoms with Gasteiger partial charge in [0.25, 0.3) is 0 Å². The van der Waals surface area contributed by atoms with Gasteiger partial charge in [0, 0.05) is 5.69 Å². The summed E-state index contributed by atoms with van der Waals surface area (Å²) in [6, 6.07) is 10.3. The van der Waals surface area contributed by atoms with Crippen LogP contribution in [0.15, 0.2) is 24.3 Å². The molecule has 1 radical (unpaired) electrons. The van der Waals surface area contributed by atoms with Crippen LogP contribution in [0.2, 0.25) is 0 Å². The zero-order valence-electron chi connectivity index (χ0n) is 6.15. The highest BCUT2D eigenvalue weighted by Crippen LogP contribution is 2.08. The van der Waals surface area contributed by atoms with E-state index in [9.17, 15) is 0 Å². The molecule has 0 atom stereocenters. The molecular weight excluding hydrogens is 154 g/mol. The molecule has 2 N–H and O–H groups in total. The van der Waals surface area contributed by atoms with Crippen LogP contribution in [0.1, 0.15) is 0 Å². The lowest BCUT2D eigenvalue weighted by Gasteiger charge is -1.98. The highest BCUT2D eigenvalue weighted by atomic mass is 15.5. The molecule has 0 fully saturated rings. The largest absolute Gasteiger partial charge is 0.323 e. The Bertz CT molecular complexity index is 328. The molecule has 5 heteroatoms. The van der Waals surface area contributed by atoms with E-state index in [0.29, 0.717) is 5.95 Å². The van der Waals surface area contributed by atoms with Gasteiger partial charge >= 0.3 is 0 Å². The maximum Gasteiger partial charge on any atom is 0.244 e. The molecule has 1 heterocycles. The van der Waals surface area contributed by atoms with Crippen molar-refractivity contribution in [2.24, 2.45) is 0 Å². The maximum absolute atomic E-state index is 3.67. The third kappa shape index (κ3) is 1.39. The molecule has 5 nitrogen and oxygen atoms in total. The molecule has 0 aliphatic rings. The first-order valence-electron chi connectivity index (χ1n) is 3.42. The van der Waals surface area contributed by atoms with Gasteiger partial charge in [0.1, 0.15) is 0 Å². The summed E-state index contributed by atoms with van der Waals surface area (Å²) in [5.74, 6) is 0.529. The molecule has 0 aliphatic carbocycles. The van der Waals surface area contributed by atoms with Crippen LogP contribution in [0.4, 0.5) is 11.6 Å². The van der Waals surface area contributed by atoms with Gasteiger partial charge in [-0.25, -0.2) is 5.10 Å².